The molecule has 1 aromatic heterocycles. The molecule has 0 aliphatic heterocycles. The van der Waals surface area contributed by atoms with Gasteiger partial charge in [-0.25, -0.2) is 4.68 Å². The van der Waals surface area contributed by atoms with E-state index < -0.39 is 6.10 Å². The summed E-state index contributed by atoms with van der Waals surface area (Å²) in [7, 11) is 0. The molecule has 0 saturated carbocycles. The van der Waals surface area contributed by atoms with Crippen molar-refractivity contribution in [3.05, 3.63) is 46.2 Å². The third-order valence-electron chi connectivity index (χ3n) is 2.82. The number of hydrogen-bond donors (Lipinski definition) is 1. The molecule has 0 fully saturated rings. The van der Waals surface area contributed by atoms with Crippen molar-refractivity contribution < 1.29 is 5.11 Å². The first-order valence-corrected chi connectivity index (χ1v) is 5.88. The molecule has 2 aromatic rings. The minimum absolute atomic E-state index is 0.451. The molecular formula is C13H15ClN2O. The van der Waals surface area contributed by atoms with Crippen LogP contribution in [0, 0.1) is 13.8 Å². The van der Waals surface area contributed by atoms with Crippen LogP contribution in [0.4, 0.5) is 0 Å². The van der Waals surface area contributed by atoms with Crippen LogP contribution < -0.4 is 0 Å². The van der Waals surface area contributed by atoms with Crippen molar-refractivity contribution in [1.82, 2.24) is 9.78 Å². The van der Waals surface area contributed by atoms with Crippen molar-refractivity contribution in [3.63, 3.8) is 0 Å². The molecule has 0 aliphatic carbocycles. The Morgan fingerprint density at radius 1 is 1.24 bits per heavy atom. The largest absolute Gasteiger partial charge is 0.389 e. The Kier molecular flexibility index (Phi) is 3.22. The maximum atomic E-state index is 9.44. The third kappa shape index (κ3) is 2.21. The predicted molar refractivity (Wildman–Crippen MR) is 68.7 cm³/mol. The Labute approximate surface area is 106 Å². The number of benzene rings is 1. The summed E-state index contributed by atoms with van der Waals surface area (Å²) in [5.41, 5.74) is 3.58. The topological polar surface area (TPSA) is 38.0 Å². The lowest BCUT2D eigenvalue weighted by atomic mass is 10.1. The zero-order valence-electron chi connectivity index (χ0n) is 10.1. The quantitative estimate of drug-likeness (QED) is 0.889. The first kappa shape index (κ1) is 12.1. The smallest absolute Gasteiger partial charge is 0.0848 e. The first-order valence-electron chi connectivity index (χ1n) is 5.51. The molecule has 0 aliphatic rings. The second-order valence-corrected chi connectivity index (χ2v) is 4.54. The molecule has 1 aromatic carbocycles. The number of aryl methyl sites for hydroxylation is 1. The SMILES string of the molecule is Cc1nn(-c2ccc([C@H](C)O)cc2)c(C)c1Cl. The van der Waals surface area contributed by atoms with Crippen LogP contribution in [-0.4, -0.2) is 14.9 Å². The van der Waals surface area contributed by atoms with Crippen molar-refractivity contribution in [1.29, 1.82) is 0 Å². The lowest BCUT2D eigenvalue weighted by Gasteiger charge is -2.07. The van der Waals surface area contributed by atoms with Gasteiger partial charge in [0.05, 0.1) is 28.2 Å². The summed E-state index contributed by atoms with van der Waals surface area (Å²) in [4.78, 5) is 0. The summed E-state index contributed by atoms with van der Waals surface area (Å²) >= 11 is 6.11. The Balaban J connectivity index is 2.43. The van der Waals surface area contributed by atoms with Crippen LogP contribution in [-0.2, 0) is 0 Å². The zero-order valence-corrected chi connectivity index (χ0v) is 10.9. The van der Waals surface area contributed by atoms with Crippen molar-refractivity contribution in [2.45, 2.75) is 26.9 Å². The molecule has 1 heterocycles. The average Bonchev–Trinajstić information content (AvgIpc) is 2.57. The first-order chi connectivity index (χ1) is 8.00. The number of hydrogen-bond acceptors (Lipinski definition) is 2. The highest BCUT2D eigenvalue weighted by Gasteiger charge is 2.10. The molecule has 0 spiro atoms. The summed E-state index contributed by atoms with van der Waals surface area (Å²) in [6, 6.07) is 7.64. The number of aliphatic hydroxyl groups excluding tert-OH is 1. The molecule has 0 unspecified atom stereocenters. The fraction of sp³-hybridized carbons (Fsp3) is 0.308. The highest BCUT2D eigenvalue weighted by molar-refractivity contribution is 6.31. The maximum absolute atomic E-state index is 9.44. The molecule has 1 N–H and O–H groups in total. The van der Waals surface area contributed by atoms with Gasteiger partial charge in [-0.3, -0.25) is 0 Å². The standard InChI is InChI=1S/C13H15ClN2O/c1-8-13(14)9(2)16(15-8)12-6-4-11(5-7-12)10(3)17/h4-7,10,17H,1-3H3/t10-/m0/s1. The Bertz CT molecular complexity index is 529. The van der Waals surface area contributed by atoms with E-state index in [4.69, 9.17) is 11.6 Å². The van der Waals surface area contributed by atoms with E-state index in [1.165, 1.54) is 0 Å². The van der Waals surface area contributed by atoms with Gasteiger partial charge in [-0.1, -0.05) is 23.7 Å². The minimum Gasteiger partial charge on any atom is -0.389 e. The lowest BCUT2D eigenvalue weighted by Crippen LogP contribution is -2.00. The molecule has 0 amide bonds. The molecule has 0 radical (unpaired) electrons. The van der Waals surface area contributed by atoms with Crippen LogP contribution in [0.1, 0.15) is 30.0 Å². The fourth-order valence-corrected chi connectivity index (χ4v) is 1.89. The van der Waals surface area contributed by atoms with Crippen LogP contribution >= 0.6 is 11.6 Å². The van der Waals surface area contributed by atoms with E-state index in [0.29, 0.717) is 5.02 Å². The van der Waals surface area contributed by atoms with Gasteiger partial charge >= 0.3 is 0 Å². The van der Waals surface area contributed by atoms with Gasteiger partial charge in [-0.2, -0.15) is 5.10 Å². The highest BCUT2D eigenvalue weighted by atomic mass is 35.5. The van der Waals surface area contributed by atoms with Gasteiger partial charge in [-0.15, -0.1) is 0 Å². The molecular weight excluding hydrogens is 236 g/mol. The molecule has 4 heteroatoms. The normalized spacial score (nSPS) is 12.8. The summed E-state index contributed by atoms with van der Waals surface area (Å²) in [5, 5.41) is 14.5. The average molecular weight is 251 g/mol. The van der Waals surface area contributed by atoms with E-state index in [2.05, 4.69) is 5.10 Å². The fourth-order valence-electron chi connectivity index (χ4n) is 1.77. The second kappa shape index (κ2) is 4.51. The van der Waals surface area contributed by atoms with E-state index in [1.54, 1.807) is 6.92 Å². The van der Waals surface area contributed by atoms with Gasteiger partial charge < -0.3 is 5.11 Å². The van der Waals surface area contributed by atoms with E-state index in [9.17, 15) is 5.11 Å². The molecule has 1 atom stereocenters. The van der Waals surface area contributed by atoms with E-state index in [0.717, 1.165) is 22.6 Å². The van der Waals surface area contributed by atoms with Crippen LogP contribution in [0.5, 0.6) is 0 Å². The molecule has 0 bridgehead atoms. The van der Waals surface area contributed by atoms with Crippen molar-refractivity contribution in [3.8, 4) is 5.69 Å². The zero-order chi connectivity index (χ0) is 12.6. The monoisotopic (exact) mass is 250 g/mol. The third-order valence-corrected chi connectivity index (χ3v) is 3.37. The van der Waals surface area contributed by atoms with Gasteiger partial charge in [-0.05, 0) is 38.5 Å². The number of rotatable bonds is 2. The van der Waals surface area contributed by atoms with Gasteiger partial charge in [0, 0.05) is 0 Å². The Hall–Kier alpha value is -1.32. The Morgan fingerprint density at radius 2 is 1.82 bits per heavy atom. The van der Waals surface area contributed by atoms with Gasteiger partial charge in [0.1, 0.15) is 0 Å². The summed E-state index contributed by atoms with van der Waals surface area (Å²) in [6.07, 6.45) is -0.451. The molecule has 17 heavy (non-hydrogen) atoms. The van der Waals surface area contributed by atoms with Crippen molar-refractivity contribution >= 4 is 11.6 Å². The molecule has 3 nitrogen and oxygen atoms in total. The molecule has 90 valence electrons. The van der Waals surface area contributed by atoms with E-state index >= 15 is 0 Å². The Morgan fingerprint density at radius 3 is 2.24 bits per heavy atom. The molecule has 2 rings (SSSR count). The second-order valence-electron chi connectivity index (χ2n) is 4.16. The summed E-state index contributed by atoms with van der Waals surface area (Å²) < 4.78 is 1.81. The highest BCUT2D eigenvalue weighted by Crippen LogP contribution is 2.23. The van der Waals surface area contributed by atoms with E-state index in [1.807, 2.05) is 42.8 Å². The van der Waals surface area contributed by atoms with Gasteiger partial charge in [0.2, 0.25) is 0 Å². The minimum atomic E-state index is -0.451. The number of halogens is 1. The van der Waals surface area contributed by atoms with Crippen LogP contribution in [0.2, 0.25) is 5.02 Å². The predicted octanol–water partition coefficient (Wildman–Crippen LogP) is 3.20. The van der Waals surface area contributed by atoms with Crippen LogP contribution in [0.15, 0.2) is 24.3 Å². The summed E-state index contributed by atoms with van der Waals surface area (Å²) in [5.74, 6) is 0. The molecule has 0 saturated heterocycles. The maximum Gasteiger partial charge on any atom is 0.0848 e. The van der Waals surface area contributed by atoms with Gasteiger partial charge in [0.15, 0.2) is 0 Å². The van der Waals surface area contributed by atoms with Gasteiger partial charge in [0.25, 0.3) is 0 Å². The lowest BCUT2D eigenvalue weighted by molar-refractivity contribution is 0.199. The van der Waals surface area contributed by atoms with Crippen LogP contribution in [0.3, 0.4) is 0 Å². The number of aromatic nitrogens is 2. The van der Waals surface area contributed by atoms with E-state index in [-0.39, 0.29) is 0 Å². The van der Waals surface area contributed by atoms with Crippen molar-refractivity contribution in [2.75, 3.05) is 0 Å². The number of nitrogens with zero attached hydrogens (tertiary/aromatic N) is 2. The summed E-state index contributed by atoms with van der Waals surface area (Å²) in [6.45, 7) is 5.57. The number of aliphatic hydroxyl groups is 1. The van der Waals surface area contributed by atoms with Crippen molar-refractivity contribution in [2.24, 2.45) is 0 Å². The van der Waals surface area contributed by atoms with Crippen LogP contribution in [0.25, 0.3) is 5.69 Å².